The molecule has 3 heteroatoms. The third-order valence-electron chi connectivity index (χ3n) is 1.99. The molecule has 0 aliphatic rings. The first-order valence-electron chi connectivity index (χ1n) is 4.01. The summed E-state index contributed by atoms with van der Waals surface area (Å²) in [5.41, 5.74) is 8.57. The van der Waals surface area contributed by atoms with E-state index in [0.29, 0.717) is 0 Å². The van der Waals surface area contributed by atoms with Gasteiger partial charge in [-0.1, -0.05) is 0 Å². The van der Waals surface area contributed by atoms with Crippen molar-refractivity contribution in [3.63, 3.8) is 0 Å². The topological polar surface area (TPSA) is 43.8 Å². The Balaban J connectivity index is 2.75. The predicted molar refractivity (Wildman–Crippen MR) is 49.8 cm³/mol. The van der Waals surface area contributed by atoms with Crippen LogP contribution >= 0.6 is 0 Å². The minimum absolute atomic E-state index is 0.790. The van der Waals surface area contributed by atoms with Gasteiger partial charge in [0, 0.05) is 12.2 Å². The van der Waals surface area contributed by atoms with Crippen LogP contribution in [-0.4, -0.2) is 9.55 Å². The SMILES string of the molecule is CCn1cnc2ccc(N)cc21. The van der Waals surface area contributed by atoms with Gasteiger partial charge >= 0.3 is 0 Å². The molecule has 0 aliphatic carbocycles. The Bertz CT molecular complexity index is 403. The fourth-order valence-corrected chi connectivity index (χ4v) is 1.33. The van der Waals surface area contributed by atoms with E-state index in [-0.39, 0.29) is 0 Å². The summed E-state index contributed by atoms with van der Waals surface area (Å²) >= 11 is 0. The number of hydrogen-bond donors (Lipinski definition) is 1. The van der Waals surface area contributed by atoms with Crippen LogP contribution in [0.15, 0.2) is 24.5 Å². The lowest BCUT2D eigenvalue weighted by Crippen LogP contribution is -1.91. The van der Waals surface area contributed by atoms with Gasteiger partial charge in [-0.15, -0.1) is 0 Å². The number of hydrogen-bond acceptors (Lipinski definition) is 2. The smallest absolute Gasteiger partial charge is 0.0958 e. The summed E-state index contributed by atoms with van der Waals surface area (Å²) in [6.07, 6.45) is 1.84. The van der Waals surface area contributed by atoms with Crippen LogP contribution in [0.2, 0.25) is 0 Å². The molecule has 0 saturated heterocycles. The Kier molecular flexibility index (Phi) is 1.50. The van der Waals surface area contributed by atoms with Crippen molar-refractivity contribution in [3.8, 4) is 0 Å². The molecule has 2 aromatic rings. The molecule has 0 unspecified atom stereocenters. The molecule has 1 aromatic heterocycles. The van der Waals surface area contributed by atoms with Crippen molar-refractivity contribution in [2.24, 2.45) is 0 Å². The zero-order chi connectivity index (χ0) is 8.55. The lowest BCUT2D eigenvalue weighted by atomic mass is 10.3. The molecule has 0 bridgehead atoms. The zero-order valence-corrected chi connectivity index (χ0v) is 6.99. The maximum Gasteiger partial charge on any atom is 0.0958 e. The average Bonchev–Trinajstić information content (AvgIpc) is 2.46. The van der Waals surface area contributed by atoms with Gasteiger partial charge in [0.1, 0.15) is 0 Å². The molecule has 62 valence electrons. The van der Waals surface area contributed by atoms with Crippen LogP contribution in [-0.2, 0) is 6.54 Å². The highest BCUT2D eigenvalue weighted by atomic mass is 15.0. The number of nitrogen functional groups attached to an aromatic ring is 1. The molecule has 2 rings (SSSR count). The number of benzene rings is 1. The molecule has 2 N–H and O–H groups in total. The van der Waals surface area contributed by atoms with Gasteiger partial charge in [0.05, 0.1) is 17.4 Å². The van der Waals surface area contributed by atoms with Crippen LogP contribution in [0.3, 0.4) is 0 Å². The van der Waals surface area contributed by atoms with Crippen molar-refractivity contribution >= 4 is 16.7 Å². The van der Waals surface area contributed by atoms with Gasteiger partial charge in [0.15, 0.2) is 0 Å². The number of aromatic nitrogens is 2. The molecule has 0 saturated carbocycles. The van der Waals surface area contributed by atoms with E-state index >= 15 is 0 Å². The van der Waals surface area contributed by atoms with E-state index in [4.69, 9.17) is 5.73 Å². The van der Waals surface area contributed by atoms with Crippen LogP contribution in [0.25, 0.3) is 11.0 Å². The molecule has 0 fully saturated rings. The maximum absolute atomic E-state index is 5.67. The van der Waals surface area contributed by atoms with Crippen LogP contribution in [0.1, 0.15) is 6.92 Å². The lowest BCUT2D eigenvalue weighted by Gasteiger charge is -1.98. The van der Waals surface area contributed by atoms with E-state index in [2.05, 4.69) is 16.5 Å². The molecule has 1 aromatic carbocycles. The lowest BCUT2D eigenvalue weighted by molar-refractivity contribution is 0.787. The molecule has 0 atom stereocenters. The van der Waals surface area contributed by atoms with E-state index in [1.165, 1.54) is 0 Å². The number of imidazole rings is 1. The summed E-state index contributed by atoms with van der Waals surface area (Å²) in [5, 5.41) is 0. The summed E-state index contributed by atoms with van der Waals surface area (Å²) in [4.78, 5) is 4.24. The molecule has 0 radical (unpaired) electrons. The van der Waals surface area contributed by atoms with Crippen molar-refractivity contribution in [2.45, 2.75) is 13.5 Å². The molecule has 12 heavy (non-hydrogen) atoms. The highest BCUT2D eigenvalue weighted by Gasteiger charge is 1.99. The van der Waals surface area contributed by atoms with Crippen molar-refractivity contribution < 1.29 is 0 Å². The Hall–Kier alpha value is -1.51. The van der Waals surface area contributed by atoms with Gasteiger partial charge < -0.3 is 10.3 Å². The van der Waals surface area contributed by atoms with Gasteiger partial charge in [0.2, 0.25) is 0 Å². The monoisotopic (exact) mass is 161 g/mol. The molecule has 0 spiro atoms. The standard InChI is InChI=1S/C9H11N3/c1-2-12-6-11-8-4-3-7(10)5-9(8)12/h3-6H,2,10H2,1H3. The first-order chi connectivity index (χ1) is 5.81. The van der Waals surface area contributed by atoms with Gasteiger partial charge in [-0.2, -0.15) is 0 Å². The molecule has 3 nitrogen and oxygen atoms in total. The summed E-state index contributed by atoms with van der Waals surface area (Å²) in [7, 11) is 0. The van der Waals surface area contributed by atoms with Gasteiger partial charge in [-0.05, 0) is 25.1 Å². The highest BCUT2D eigenvalue weighted by molar-refractivity contribution is 5.78. The van der Waals surface area contributed by atoms with E-state index in [1.807, 2.05) is 24.5 Å². The molecule has 0 amide bonds. The van der Waals surface area contributed by atoms with Crippen molar-refractivity contribution in [2.75, 3.05) is 5.73 Å². The predicted octanol–water partition coefficient (Wildman–Crippen LogP) is 1.64. The number of rotatable bonds is 1. The molecule has 0 aliphatic heterocycles. The number of nitrogens with two attached hydrogens (primary N) is 1. The van der Waals surface area contributed by atoms with Crippen LogP contribution in [0, 0.1) is 0 Å². The van der Waals surface area contributed by atoms with Crippen LogP contribution in [0.5, 0.6) is 0 Å². The van der Waals surface area contributed by atoms with Crippen molar-refractivity contribution in [3.05, 3.63) is 24.5 Å². The van der Waals surface area contributed by atoms with Gasteiger partial charge in [0.25, 0.3) is 0 Å². The summed E-state index contributed by atoms with van der Waals surface area (Å²) in [6, 6.07) is 5.76. The first kappa shape index (κ1) is 7.16. The fourth-order valence-electron chi connectivity index (χ4n) is 1.33. The first-order valence-corrected chi connectivity index (χ1v) is 4.01. The molecular formula is C9H11N3. The summed E-state index contributed by atoms with van der Waals surface area (Å²) < 4.78 is 2.08. The maximum atomic E-state index is 5.67. The Morgan fingerprint density at radius 1 is 1.50 bits per heavy atom. The number of anilines is 1. The quantitative estimate of drug-likeness (QED) is 0.646. The van der Waals surface area contributed by atoms with E-state index < -0.39 is 0 Å². The van der Waals surface area contributed by atoms with Gasteiger partial charge in [-0.3, -0.25) is 0 Å². The van der Waals surface area contributed by atoms with Crippen LogP contribution < -0.4 is 5.73 Å². The highest BCUT2D eigenvalue weighted by Crippen LogP contribution is 2.15. The minimum atomic E-state index is 0.790. The van der Waals surface area contributed by atoms with E-state index in [0.717, 1.165) is 23.3 Å². The van der Waals surface area contributed by atoms with Crippen molar-refractivity contribution in [1.29, 1.82) is 0 Å². The van der Waals surface area contributed by atoms with Crippen molar-refractivity contribution in [1.82, 2.24) is 9.55 Å². The Morgan fingerprint density at radius 2 is 2.33 bits per heavy atom. The summed E-state index contributed by atoms with van der Waals surface area (Å²) in [5.74, 6) is 0. The largest absolute Gasteiger partial charge is 0.399 e. The Labute approximate surface area is 70.8 Å². The Morgan fingerprint density at radius 3 is 3.08 bits per heavy atom. The molecular weight excluding hydrogens is 150 g/mol. The third-order valence-corrected chi connectivity index (χ3v) is 1.99. The van der Waals surface area contributed by atoms with E-state index in [9.17, 15) is 0 Å². The summed E-state index contributed by atoms with van der Waals surface area (Å²) in [6.45, 7) is 3.02. The molecule has 1 heterocycles. The van der Waals surface area contributed by atoms with Gasteiger partial charge in [-0.25, -0.2) is 4.98 Å². The number of fused-ring (bicyclic) bond motifs is 1. The third kappa shape index (κ3) is 0.942. The number of nitrogens with zero attached hydrogens (tertiary/aromatic N) is 2. The minimum Gasteiger partial charge on any atom is -0.399 e. The van der Waals surface area contributed by atoms with E-state index in [1.54, 1.807) is 0 Å². The second kappa shape index (κ2) is 2.52. The fraction of sp³-hybridized carbons (Fsp3) is 0.222. The average molecular weight is 161 g/mol. The zero-order valence-electron chi connectivity index (χ0n) is 6.99. The van der Waals surface area contributed by atoms with Crippen LogP contribution in [0.4, 0.5) is 5.69 Å². The second-order valence-corrected chi connectivity index (χ2v) is 2.78. The number of aryl methyl sites for hydroxylation is 1. The normalized spacial score (nSPS) is 10.8. The second-order valence-electron chi connectivity index (χ2n) is 2.78.